The summed E-state index contributed by atoms with van der Waals surface area (Å²) in [5.74, 6) is -1.03. The van der Waals surface area contributed by atoms with E-state index in [1.807, 2.05) is 13.8 Å². The molecule has 3 heterocycles. The number of benzene rings is 1. The highest BCUT2D eigenvalue weighted by atomic mass is 35.5. The number of hydrogen-bond acceptors (Lipinski definition) is 6. The normalized spacial score (nSPS) is 11.6. The van der Waals surface area contributed by atoms with E-state index in [1.54, 1.807) is 45.3 Å². The maximum Gasteiger partial charge on any atom is 0.277 e. The molecule has 0 radical (unpaired) electrons. The number of aliphatic hydroxyl groups is 1. The minimum absolute atomic E-state index is 0.0835. The van der Waals surface area contributed by atoms with Crippen LogP contribution in [0.1, 0.15) is 47.6 Å². The van der Waals surface area contributed by atoms with Gasteiger partial charge in [-0.15, -0.1) is 0 Å². The number of aromatic nitrogens is 4. The molecule has 0 atom stereocenters. The van der Waals surface area contributed by atoms with Gasteiger partial charge >= 0.3 is 0 Å². The summed E-state index contributed by atoms with van der Waals surface area (Å²) in [6.07, 6.45) is 3.24. The molecule has 0 aliphatic rings. The highest BCUT2D eigenvalue weighted by Crippen LogP contribution is 2.29. The lowest BCUT2D eigenvalue weighted by molar-refractivity contribution is 0.0688. The molecule has 3 aromatic heterocycles. The minimum Gasteiger partial charge on any atom is -0.487 e. The summed E-state index contributed by atoms with van der Waals surface area (Å²) in [5.41, 5.74) is 1.76. The van der Waals surface area contributed by atoms with Crippen molar-refractivity contribution in [3.05, 3.63) is 97.4 Å². The number of nitrogens with zero attached hydrogens (tertiary/aromatic N) is 4. The van der Waals surface area contributed by atoms with Crippen molar-refractivity contribution >= 4 is 11.6 Å². The standard InChI is InChI=1S/C28H27ClF2N4O3/c1-14-11-32-20(25-15(2)12-33-27(34-25)28(5,6)37)10-21(14)35-16(3)9-22(23(29)26(35)36)38-13-18-7-8-19(30)17(4)24(18)31/h7-12,37H,13H2,1-6H3. The van der Waals surface area contributed by atoms with Gasteiger partial charge in [0.15, 0.2) is 5.82 Å². The minimum atomic E-state index is -1.25. The highest BCUT2D eigenvalue weighted by Gasteiger charge is 2.22. The zero-order valence-corrected chi connectivity index (χ0v) is 22.6. The molecule has 38 heavy (non-hydrogen) atoms. The van der Waals surface area contributed by atoms with Crippen molar-refractivity contribution in [2.24, 2.45) is 0 Å². The van der Waals surface area contributed by atoms with Crippen LogP contribution in [-0.2, 0) is 12.2 Å². The molecule has 10 heteroatoms. The number of aryl methyl sites for hydroxylation is 3. The van der Waals surface area contributed by atoms with Crippen molar-refractivity contribution in [1.29, 1.82) is 0 Å². The van der Waals surface area contributed by atoms with E-state index in [-0.39, 0.29) is 34.3 Å². The van der Waals surface area contributed by atoms with E-state index >= 15 is 0 Å². The predicted octanol–water partition coefficient (Wildman–Crippen LogP) is 5.66. The van der Waals surface area contributed by atoms with Gasteiger partial charge in [0.1, 0.15) is 34.6 Å². The van der Waals surface area contributed by atoms with Gasteiger partial charge in [-0.3, -0.25) is 14.3 Å². The zero-order chi connectivity index (χ0) is 27.9. The molecule has 0 spiro atoms. The Bertz CT molecular complexity index is 1610. The number of pyridine rings is 2. The zero-order valence-electron chi connectivity index (χ0n) is 21.9. The summed E-state index contributed by atoms with van der Waals surface area (Å²) in [6.45, 7) is 9.65. The second-order valence-corrected chi connectivity index (χ2v) is 10.1. The Morgan fingerprint density at radius 1 is 1.05 bits per heavy atom. The molecule has 1 aromatic carbocycles. The molecule has 0 aliphatic carbocycles. The third-order valence-corrected chi connectivity index (χ3v) is 6.51. The molecule has 4 rings (SSSR count). The van der Waals surface area contributed by atoms with Crippen LogP contribution in [0.4, 0.5) is 8.78 Å². The predicted molar refractivity (Wildman–Crippen MR) is 141 cm³/mol. The Balaban J connectivity index is 1.75. The lowest BCUT2D eigenvalue weighted by Crippen LogP contribution is -2.23. The van der Waals surface area contributed by atoms with Crippen LogP contribution >= 0.6 is 11.6 Å². The Morgan fingerprint density at radius 2 is 1.74 bits per heavy atom. The van der Waals surface area contributed by atoms with E-state index in [4.69, 9.17) is 16.3 Å². The van der Waals surface area contributed by atoms with Crippen molar-refractivity contribution in [1.82, 2.24) is 19.5 Å². The molecule has 198 valence electrons. The van der Waals surface area contributed by atoms with E-state index in [9.17, 15) is 18.7 Å². The van der Waals surface area contributed by atoms with Crippen LogP contribution < -0.4 is 10.3 Å². The van der Waals surface area contributed by atoms with Crippen molar-refractivity contribution in [3.63, 3.8) is 0 Å². The molecule has 0 saturated heterocycles. The Kier molecular flexibility index (Phi) is 7.36. The van der Waals surface area contributed by atoms with E-state index in [1.165, 1.54) is 17.6 Å². The van der Waals surface area contributed by atoms with Gasteiger partial charge in [-0.1, -0.05) is 11.6 Å². The molecule has 0 saturated carbocycles. The molecule has 0 bridgehead atoms. The summed E-state index contributed by atoms with van der Waals surface area (Å²) >= 11 is 6.41. The van der Waals surface area contributed by atoms with E-state index in [0.29, 0.717) is 28.3 Å². The first-order valence-corrected chi connectivity index (χ1v) is 12.2. The fraction of sp³-hybridized carbons (Fsp3) is 0.286. The second-order valence-electron chi connectivity index (χ2n) is 9.68. The summed E-state index contributed by atoms with van der Waals surface area (Å²) in [7, 11) is 0. The quantitative estimate of drug-likeness (QED) is 0.339. The molecular formula is C28H27ClF2N4O3. The van der Waals surface area contributed by atoms with Crippen LogP contribution in [-0.4, -0.2) is 24.6 Å². The van der Waals surface area contributed by atoms with Crippen LogP contribution in [0.25, 0.3) is 17.1 Å². The van der Waals surface area contributed by atoms with Crippen LogP contribution in [0.2, 0.25) is 5.02 Å². The third kappa shape index (κ3) is 5.16. The van der Waals surface area contributed by atoms with Crippen LogP contribution in [0, 0.1) is 39.3 Å². The Hall–Kier alpha value is -3.69. The van der Waals surface area contributed by atoms with Crippen molar-refractivity contribution in [2.45, 2.75) is 53.8 Å². The highest BCUT2D eigenvalue weighted by molar-refractivity contribution is 6.31. The summed E-state index contributed by atoms with van der Waals surface area (Å²) < 4.78 is 35.1. The summed E-state index contributed by atoms with van der Waals surface area (Å²) in [5, 5.41) is 10.2. The number of hydrogen-bond donors (Lipinski definition) is 1. The average Bonchev–Trinajstić information content (AvgIpc) is 2.85. The molecule has 4 aromatic rings. The summed E-state index contributed by atoms with van der Waals surface area (Å²) in [4.78, 5) is 26.6. The monoisotopic (exact) mass is 540 g/mol. The molecule has 0 amide bonds. The number of rotatable bonds is 6. The second kappa shape index (κ2) is 10.2. The van der Waals surface area contributed by atoms with Crippen LogP contribution in [0.15, 0.2) is 41.5 Å². The topological polar surface area (TPSA) is 90.1 Å². The smallest absolute Gasteiger partial charge is 0.277 e. The first-order valence-electron chi connectivity index (χ1n) is 11.8. The molecule has 0 fully saturated rings. The van der Waals surface area contributed by atoms with Crippen molar-refractivity contribution in [3.8, 4) is 22.8 Å². The SMILES string of the molecule is Cc1cnc(-c2nc(C(C)(C)O)ncc2C)cc1-n1c(C)cc(OCc2ccc(F)c(C)c2F)c(Cl)c1=O. The fourth-order valence-electron chi connectivity index (χ4n) is 3.95. The van der Waals surface area contributed by atoms with Gasteiger partial charge in [-0.2, -0.15) is 0 Å². The number of halogens is 3. The van der Waals surface area contributed by atoms with Gasteiger partial charge in [0, 0.05) is 35.3 Å². The van der Waals surface area contributed by atoms with Gasteiger partial charge in [-0.25, -0.2) is 18.7 Å². The maximum absolute atomic E-state index is 14.4. The van der Waals surface area contributed by atoms with Crippen LogP contribution in [0.3, 0.4) is 0 Å². The fourth-order valence-corrected chi connectivity index (χ4v) is 4.14. The molecular weight excluding hydrogens is 514 g/mol. The summed E-state index contributed by atoms with van der Waals surface area (Å²) in [6, 6.07) is 5.76. The van der Waals surface area contributed by atoms with E-state index in [0.717, 1.165) is 11.6 Å². The van der Waals surface area contributed by atoms with Crippen LogP contribution in [0.5, 0.6) is 5.75 Å². The maximum atomic E-state index is 14.4. The van der Waals surface area contributed by atoms with Gasteiger partial charge in [0.05, 0.1) is 17.1 Å². The largest absolute Gasteiger partial charge is 0.487 e. The average molecular weight is 541 g/mol. The Morgan fingerprint density at radius 3 is 2.42 bits per heavy atom. The lowest BCUT2D eigenvalue weighted by Gasteiger charge is -2.18. The number of ether oxygens (including phenoxy) is 1. The van der Waals surface area contributed by atoms with Gasteiger partial charge in [0.25, 0.3) is 5.56 Å². The molecule has 1 N–H and O–H groups in total. The van der Waals surface area contributed by atoms with Crippen molar-refractivity contribution < 1.29 is 18.6 Å². The molecule has 0 unspecified atom stereocenters. The van der Waals surface area contributed by atoms with Gasteiger partial charge < -0.3 is 9.84 Å². The first kappa shape index (κ1) is 27.3. The van der Waals surface area contributed by atoms with Gasteiger partial charge in [0.2, 0.25) is 0 Å². The van der Waals surface area contributed by atoms with Gasteiger partial charge in [-0.05, 0) is 70.9 Å². The lowest BCUT2D eigenvalue weighted by atomic mass is 10.1. The van der Waals surface area contributed by atoms with E-state index in [2.05, 4.69) is 15.0 Å². The first-order chi connectivity index (χ1) is 17.8. The molecule has 7 nitrogen and oxygen atoms in total. The van der Waals surface area contributed by atoms with Crippen molar-refractivity contribution in [2.75, 3.05) is 0 Å². The third-order valence-electron chi connectivity index (χ3n) is 6.16. The Labute approximate surface area is 223 Å². The molecule has 0 aliphatic heterocycles. The van der Waals surface area contributed by atoms with E-state index < -0.39 is 22.8 Å².